The molecule has 3 nitrogen and oxygen atoms in total. The van der Waals surface area contributed by atoms with Gasteiger partial charge in [-0.2, -0.15) is 0 Å². The second-order valence-corrected chi connectivity index (χ2v) is 1.55. The molecule has 0 aliphatic rings. The molecule has 0 fully saturated rings. The van der Waals surface area contributed by atoms with E-state index >= 15 is 0 Å². The van der Waals surface area contributed by atoms with Crippen LogP contribution in [-0.4, -0.2) is 10.2 Å². The molecule has 0 atom stereocenters. The largest absolute Gasteiger partial charge is 0.504 e. The van der Waals surface area contributed by atoms with Gasteiger partial charge >= 0.3 is 0 Å². The van der Waals surface area contributed by atoms with Gasteiger partial charge in [0.2, 0.25) is 0 Å². The fraction of sp³-hybridized carbons (Fsp3) is 0.333. The third kappa shape index (κ3) is 2.64. The quantitative estimate of drug-likeness (QED) is 0.387. The highest BCUT2D eigenvalue weighted by molar-refractivity contribution is 5.15. The predicted octanol–water partition coefficient (Wildman–Crippen LogP) is 1.20. The monoisotopic (exact) mass is 129 g/mol. The van der Waals surface area contributed by atoms with E-state index in [-0.39, 0.29) is 11.5 Å². The summed E-state index contributed by atoms with van der Waals surface area (Å²) in [6.07, 6.45) is 3.09. The van der Waals surface area contributed by atoms with Crippen molar-refractivity contribution >= 4 is 0 Å². The normalized spacial score (nSPS) is 13.9. The smallest absolute Gasteiger partial charge is 0.172 e. The molecule has 0 heterocycles. The van der Waals surface area contributed by atoms with Crippen molar-refractivity contribution in [1.82, 2.24) is 0 Å². The van der Waals surface area contributed by atoms with Crippen molar-refractivity contribution < 1.29 is 10.2 Å². The van der Waals surface area contributed by atoms with Crippen LogP contribution in [0.2, 0.25) is 0 Å². The summed E-state index contributed by atoms with van der Waals surface area (Å²) in [5.41, 5.74) is 4.89. The number of nitrogens with two attached hydrogens (primary N) is 1. The van der Waals surface area contributed by atoms with Gasteiger partial charge in [0, 0.05) is 6.20 Å². The van der Waals surface area contributed by atoms with E-state index in [1.165, 1.54) is 6.08 Å². The lowest BCUT2D eigenvalue weighted by Gasteiger charge is -1.94. The highest BCUT2D eigenvalue weighted by Gasteiger charge is 1.94. The van der Waals surface area contributed by atoms with E-state index in [9.17, 15) is 0 Å². The Balaban J connectivity index is 4.03. The van der Waals surface area contributed by atoms with Crippen LogP contribution in [0, 0.1) is 0 Å². The molecule has 0 aromatic carbocycles. The molecule has 0 aliphatic heterocycles. The number of rotatable bonds is 2. The molecule has 0 saturated carbocycles. The molecule has 9 heavy (non-hydrogen) atoms. The topological polar surface area (TPSA) is 66.5 Å². The Hall–Kier alpha value is -1.12. The average Bonchev–Trinajstić information content (AvgIpc) is 1.87. The highest BCUT2D eigenvalue weighted by Crippen LogP contribution is 2.00. The molecule has 0 aromatic heterocycles. The summed E-state index contributed by atoms with van der Waals surface area (Å²) in [5.74, 6) is -0.447. The van der Waals surface area contributed by atoms with Crippen LogP contribution in [0.25, 0.3) is 0 Å². The van der Waals surface area contributed by atoms with Gasteiger partial charge < -0.3 is 15.9 Å². The molecule has 0 saturated heterocycles. The number of hydrogen-bond donors (Lipinski definition) is 3. The number of aliphatic hydroxyl groups is 2. The van der Waals surface area contributed by atoms with Crippen LogP contribution in [0.15, 0.2) is 23.8 Å². The molecule has 0 bridgehead atoms. The Morgan fingerprint density at radius 2 is 2.00 bits per heavy atom. The fourth-order valence-electron chi connectivity index (χ4n) is 0.383. The standard InChI is InChI=1S/C6H11NO2/c1-2-3-5(8)6(9)4-7/h3-4,8-9H,2,7H2,1H3/b5-3+,6-4?. The summed E-state index contributed by atoms with van der Waals surface area (Å²) in [5, 5.41) is 17.5. The molecule has 0 aromatic rings. The molecule has 52 valence electrons. The Morgan fingerprint density at radius 3 is 2.33 bits per heavy atom. The van der Waals surface area contributed by atoms with Crippen LogP contribution in [0.3, 0.4) is 0 Å². The lowest BCUT2D eigenvalue weighted by molar-refractivity contribution is 0.324. The van der Waals surface area contributed by atoms with E-state index in [4.69, 9.17) is 15.9 Å². The minimum atomic E-state index is -0.281. The van der Waals surface area contributed by atoms with Gasteiger partial charge in [0.25, 0.3) is 0 Å². The van der Waals surface area contributed by atoms with E-state index in [1.807, 2.05) is 6.92 Å². The van der Waals surface area contributed by atoms with Crippen LogP contribution in [0.4, 0.5) is 0 Å². The van der Waals surface area contributed by atoms with E-state index in [0.29, 0.717) is 6.42 Å². The van der Waals surface area contributed by atoms with Crippen molar-refractivity contribution in [3.8, 4) is 0 Å². The molecule has 0 radical (unpaired) electrons. The molecule has 0 rings (SSSR count). The summed E-state index contributed by atoms with van der Waals surface area (Å²) in [7, 11) is 0. The first kappa shape index (κ1) is 7.88. The van der Waals surface area contributed by atoms with Crippen molar-refractivity contribution in [2.75, 3.05) is 0 Å². The van der Waals surface area contributed by atoms with Gasteiger partial charge in [-0.15, -0.1) is 0 Å². The third-order valence-corrected chi connectivity index (χ3v) is 0.818. The lowest BCUT2D eigenvalue weighted by atomic mass is 10.3. The third-order valence-electron chi connectivity index (χ3n) is 0.818. The average molecular weight is 129 g/mol. The Bertz CT molecular complexity index is 138. The zero-order valence-corrected chi connectivity index (χ0v) is 5.33. The van der Waals surface area contributed by atoms with Gasteiger partial charge in [-0.1, -0.05) is 6.92 Å². The second-order valence-electron chi connectivity index (χ2n) is 1.55. The van der Waals surface area contributed by atoms with Gasteiger partial charge in [0.15, 0.2) is 11.5 Å². The zero-order chi connectivity index (χ0) is 7.28. The molecular formula is C6H11NO2. The fourth-order valence-corrected chi connectivity index (χ4v) is 0.383. The van der Waals surface area contributed by atoms with Crippen LogP contribution >= 0.6 is 0 Å². The summed E-state index contributed by atoms with van der Waals surface area (Å²) in [4.78, 5) is 0. The van der Waals surface area contributed by atoms with Crippen molar-refractivity contribution in [1.29, 1.82) is 0 Å². The summed E-state index contributed by atoms with van der Waals surface area (Å²) in [6.45, 7) is 1.85. The highest BCUT2D eigenvalue weighted by atomic mass is 16.3. The molecule has 0 amide bonds. The van der Waals surface area contributed by atoms with Crippen molar-refractivity contribution in [3.63, 3.8) is 0 Å². The first-order valence-corrected chi connectivity index (χ1v) is 2.72. The summed E-state index contributed by atoms with van der Waals surface area (Å²) < 4.78 is 0. The SMILES string of the molecule is CC/C=C(/O)C(O)=CN. The van der Waals surface area contributed by atoms with Crippen LogP contribution in [-0.2, 0) is 0 Å². The maximum absolute atomic E-state index is 8.78. The second kappa shape index (κ2) is 3.83. The number of aliphatic hydroxyl groups excluding tert-OH is 2. The minimum Gasteiger partial charge on any atom is -0.504 e. The molecule has 0 unspecified atom stereocenters. The lowest BCUT2D eigenvalue weighted by Crippen LogP contribution is -1.91. The van der Waals surface area contributed by atoms with E-state index < -0.39 is 0 Å². The van der Waals surface area contributed by atoms with Gasteiger partial charge in [-0.3, -0.25) is 0 Å². The zero-order valence-electron chi connectivity index (χ0n) is 5.33. The Morgan fingerprint density at radius 1 is 1.44 bits per heavy atom. The molecule has 4 N–H and O–H groups in total. The van der Waals surface area contributed by atoms with Crippen molar-refractivity contribution in [3.05, 3.63) is 23.8 Å². The molecular weight excluding hydrogens is 118 g/mol. The molecule has 0 spiro atoms. The van der Waals surface area contributed by atoms with Crippen LogP contribution < -0.4 is 5.73 Å². The van der Waals surface area contributed by atoms with Crippen molar-refractivity contribution in [2.45, 2.75) is 13.3 Å². The van der Waals surface area contributed by atoms with Gasteiger partial charge in [0.05, 0.1) is 0 Å². The predicted molar refractivity (Wildman–Crippen MR) is 35.9 cm³/mol. The van der Waals surface area contributed by atoms with Crippen LogP contribution in [0.5, 0.6) is 0 Å². The first-order chi connectivity index (χ1) is 4.22. The summed E-state index contributed by atoms with van der Waals surface area (Å²) in [6, 6.07) is 0. The molecule has 0 aliphatic carbocycles. The minimum absolute atomic E-state index is 0.167. The number of hydrogen-bond acceptors (Lipinski definition) is 3. The van der Waals surface area contributed by atoms with E-state index in [1.54, 1.807) is 0 Å². The Labute approximate surface area is 54.1 Å². The van der Waals surface area contributed by atoms with Gasteiger partial charge in [-0.25, -0.2) is 0 Å². The Kier molecular flexibility index (Phi) is 3.35. The van der Waals surface area contributed by atoms with Gasteiger partial charge in [-0.05, 0) is 12.5 Å². The first-order valence-electron chi connectivity index (χ1n) is 2.72. The van der Waals surface area contributed by atoms with Crippen LogP contribution in [0.1, 0.15) is 13.3 Å². The van der Waals surface area contributed by atoms with Gasteiger partial charge in [0.1, 0.15) is 0 Å². The van der Waals surface area contributed by atoms with Crippen molar-refractivity contribution in [2.24, 2.45) is 5.73 Å². The van der Waals surface area contributed by atoms with E-state index in [0.717, 1.165) is 6.20 Å². The van der Waals surface area contributed by atoms with E-state index in [2.05, 4.69) is 0 Å². The summed E-state index contributed by atoms with van der Waals surface area (Å²) >= 11 is 0. The number of allylic oxidation sites excluding steroid dienone is 1. The maximum atomic E-state index is 8.78. The molecule has 3 heteroatoms. The maximum Gasteiger partial charge on any atom is 0.172 e.